The van der Waals surface area contributed by atoms with Gasteiger partial charge in [-0.2, -0.15) is 0 Å². The topological polar surface area (TPSA) is 76.6 Å². The van der Waals surface area contributed by atoms with Gasteiger partial charge < -0.3 is 9.32 Å². The molecule has 0 aromatic carbocycles. The van der Waals surface area contributed by atoms with E-state index < -0.39 is 10.8 Å². The monoisotopic (exact) mass is 266 g/mol. The minimum Gasteiger partial charge on any atom is -0.395 e. The molecular weight excluding hydrogens is 248 g/mol. The Labute approximate surface area is 111 Å². The largest absolute Gasteiger partial charge is 0.433 e. The summed E-state index contributed by atoms with van der Waals surface area (Å²) >= 11 is 0. The van der Waals surface area contributed by atoms with Crippen LogP contribution in [0.1, 0.15) is 43.2 Å². The summed E-state index contributed by atoms with van der Waals surface area (Å²) in [5.74, 6) is -0.195. The van der Waals surface area contributed by atoms with Gasteiger partial charge in [0.2, 0.25) is 0 Å². The molecule has 1 fully saturated rings. The second kappa shape index (κ2) is 5.42. The Kier molecular flexibility index (Phi) is 3.87. The first-order chi connectivity index (χ1) is 9.00. The standard InChI is InChI=1S/C13H18N2O4/c1-9-5-3-4-6-10(9)14(2)13(16)11-7-8-12(19-11)15(17)18/h7-10H,3-6H2,1-2H3. The maximum absolute atomic E-state index is 12.2. The normalized spacial score (nSPS) is 23.1. The van der Waals surface area contributed by atoms with E-state index in [-0.39, 0.29) is 17.7 Å². The van der Waals surface area contributed by atoms with E-state index in [2.05, 4.69) is 6.92 Å². The Morgan fingerprint density at radius 3 is 2.68 bits per heavy atom. The Hall–Kier alpha value is -1.85. The molecule has 0 saturated heterocycles. The third-order valence-corrected chi connectivity index (χ3v) is 3.87. The summed E-state index contributed by atoms with van der Waals surface area (Å²) in [5, 5.41) is 10.5. The zero-order chi connectivity index (χ0) is 14.0. The van der Waals surface area contributed by atoms with E-state index in [0.29, 0.717) is 5.92 Å². The summed E-state index contributed by atoms with van der Waals surface area (Å²) in [6.07, 6.45) is 4.41. The molecule has 1 aliphatic carbocycles. The molecule has 0 bridgehead atoms. The number of hydrogen-bond donors (Lipinski definition) is 0. The van der Waals surface area contributed by atoms with Crippen LogP contribution in [0.25, 0.3) is 0 Å². The highest BCUT2D eigenvalue weighted by atomic mass is 16.6. The van der Waals surface area contributed by atoms with Crippen LogP contribution in [0.3, 0.4) is 0 Å². The van der Waals surface area contributed by atoms with Crippen molar-refractivity contribution in [3.05, 3.63) is 28.0 Å². The lowest BCUT2D eigenvalue weighted by atomic mass is 9.85. The highest BCUT2D eigenvalue weighted by Crippen LogP contribution is 2.28. The van der Waals surface area contributed by atoms with Gasteiger partial charge in [0.25, 0.3) is 5.91 Å². The number of carbonyl (C=O) groups excluding carboxylic acids is 1. The van der Waals surface area contributed by atoms with Crippen molar-refractivity contribution < 1.29 is 14.1 Å². The number of carbonyl (C=O) groups is 1. The van der Waals surface area contributed by atoms with Gasteiger partial charge >= 0.3 is 5.88 Å². The molecule has 0 radical (unpaired) electrons. The molecule has 6 nitrogen and oxygen atoms in total. The molecular formula is C13H18N2O4. The van der Waals surface area contributed by atoms with Gasteiger partial charge in [0.05, 0.1) is 6.07 Å². The first kappa shape index (κ1) is 13.6. The van der Waals surface area contributed by atoms with Crippen LogP contribution in [0.4, 0.5) is 5.88 Å². The van der Waals surface area contributed by atoms with Crippen LogP contribution in [0.15, 0.2) is 16.5 Å². The quantitative estimate of drug-likeness (QED) is 0.622. The molecule has 19 heavy (non-hydrogen) atoms. The van der Waals surface area contributed by atoms with Crippen molar-refractivity contribution in [3.8, 4) is 0 Å². The van der Waals surface area contributed by atoms with E-state index in [0.717, 1.165) is 19.3 Å². The van der Waals surface area contributed by atoms with Crippen LogP contribution in [0, 0.1) is 16.0 Å². The summed E-state index contributed by atoms with van der Waals surface area (Å²) in [6, 6.07) is 2.76. The highest BCUT2D eigenvalue weighted by Gasteiger charge is 2.30. The van der Waals surface area contributed by atoms with Gasteiger partial charge in [0, 0.05) is 13.1 Å². The molecule has 0 spiro atoms. The molecule has 1 saturated carbocycles. The second-order valence-electron chi connectivity index (χ2n) is 5.14. The van der Waals surface area contributed by atoms with E-state index in [1.165, 1.54) is 18.6 Å². The molecule has 1 amide bonds. The molecule has 6 heteroatoms. The number of nitro groups is 1. The third-order valence-electron chi connectivity index (χ3n) is 3.87. The zero-order valence-electron chi connectivity index (χ0n) is 11.2. The van der Waals surface area contributed by atoms with Gasteiger partial charge in [-0.3, -0.25) is 14.9 Å². The lowest BCUT2D eigenvalue weighted by Crippen LogP contribution is -2.42. The summed E-state index contributed by atoms with van der Waals surface area (Å²) in [6.45, 7) is 2.14. The third kappa shape index (κ3) is 2.77. The highest BCUT2D eigenvalue weighted by molar-refractivity contribution is 5.91. The number of nitrogens with zero attached hydrogens (tertiary/aromatic N) is 2. The zero-order valence-corrected chi connectivity index (χ0v) is 11.2. The van der Waals surface area contributed by atoms with Crippen LogP contribution in [0.2, 0.25) is 0 Å². The van der Waals surface area contributed by atoms with Crippen molar-refractivity contribution in [2.45, 2.75) is 38.6 Å². The molecule has 1 aromatic rings. The molecule has 104 valence electrons. The Morgan fingerprint density at radius 2 is 2.11 bits per heavy atom. The smallest absolute Gasteiger partial charge is 0.395 e. The van der Waals surface area contributed by atoms with Gasteiger partial charge in [-0.25, -0.2) is 0 Å². The van der Waals surface area contributed by atoms with Crippen LogP contribution < -0.4 is 0 Å². The Bertz CT molecular complexity index is 483. The van der Waals surface area contributed by atoms with Gasteiger partial charge in [-0.05, 0) is 24.8 Å². The minimum atomic E-state index is -0.639. The summed E-state index contributed by atoms with van der Waals surface area (Å²) in [7, 11) is 1.74. The van der Waals surface area contributed by atoms with Crippen molar-refractivity contribution in [1.82, 2.24) is 4.90 Å². The maximum atomic E-state index is 12.2. The second-order valence-corrected chi connectivity index (χ2v) is 5.14. The molecule has 2 atom stereocenters. The van der Waals surface area contributed by atoms with Crippen molar-refractivity contribution in [2.24, 2.45) is 5.92 Å². The SMILES string of the molecule is CC1CCCCC1N(C)C(=O)c1ccc([N+](=O)[O-])o1. The number of hydrogen-bond acceptors (Lipinski definition) is 4. The summed E-state index contributed by atoms with van der Waals surface area (Å²) in [5.41, 5.74) is 0. The fourth-order valence-electron chi connectivity index (χ4n) is 2.74. The molecule has 2 unspecified atom stereocenters. The number of amides is 1. The van der Waals surface area contributed by atoms with Crippen LogP contribution in [-0.4, -0.2) is 28.8 Å². The average Bonchev–Trinajstić information content (AvgIpc) is 2.87. The Morgan fingerprint density at radius 1 is 1.42 bits per heavy atom. The number of rotatable bonds is 3. The van der Waals surface area contributed by atoms with Crippen LogP contribution in [-0.2, 0) is 0 Å². The van der Waals surface area contributed by atoms with Crippen molar-refractivity contribution >= 4 is 11.8 Å². The molecule has 1 heterocycles. The summed E-state index contributed by atoms with van der Waals surface area (Å²) in [4.78, 5) is 23.8. The predicted octanol–water partition coefficient (Wildman–Crippen LogP) is 2.84. The predicted molar refractivity (Wildman–Crippen MR) is 68.9 cm³/mol. The van der Waals surface area contributed by atoms with E-state index in [9.17, 15) is 14.9 Å². The first-order valence-corrected chi connectivity index (χ1v) is 6.52. The number of furan rings is 1. The fourth-order valence-corrected chi connectivity index (χ4v) is 2.74. The van der Waals surface area contributed by atoms with Crippen molar-refractivity contribution in [1.29, 1.82) is 0 Å². The van der Waals surface area contributed by atoms with Gasteiger partial charge in [-0.1, -0.05) is 19.8 Å². The minimum absolute atomic E-state index is 0.0342. The maximum Gasteiger partial charge on any atom is 0.433 e. The average molecular weight is 266 g/mol. The molecule has 2 rings (SSSR count). The van der Waals surface area contributed by atoms with E-state index in [1.807, 2.05) is 0 Å². The van der Waals surface area contributed by atoms with E-state index in [4.69, 9.17) is 4.42 Å². The van der Waals surface area contributed by atoms with Gasteiger partial charge in [0.1, 0.15) is 4.92 Å². The van der Waals surface area contributed by atoms with Crippen LogP contribution in [0.5, 0.6) is 0 Å². The molecule has 1 aromatic heterocycles. The Balaban J connectivity index is 2.11. The van der Waals surface area contributed by atoms with Crippen molar-refractivity contribution in [2.75, 3.05) is 7.05 Å². The van der Waals surface area contributed by atoms with E-state index in [1.54, 1.807) is 11.9 Å². The van der Waals surface area contributed by atoms with E-state index >= 15 is 0 Å². The van der Waals surface area contributed by atoms with Crippen LogP contribution >= 0.6 is 0 Å². The lowest BCUT2D eigenvalue weighted by Gasteiger charge is -2.35. The van der Waals surface area contributed by atoms with Gasteiger partial charge in [0.15, 0.2) is 5.76 Å². The molecule has 1 aliphatic rings. The lowest BCUT2D eigenvalue weighted by molar-refractivity contribution is -0.402. The molecule has 0 aliphatic heterocycles. The van der Waals surface area contributed by atoms with Crippen molar-refractivity contribution in [3.63, 3.8) is 0 Å². The molecule has 0 N–H and O–H groups in total. The first-order valence-electron chi connectivity index (χ1n) is 6.52. The summed E-state index contributed by atoms with van der Waals surface area (Å²) < 4.78 is 4.96. The fraction of sp³-hybridized carbons (Fsp3) is 0.615. The van der Waals surface area contributed by atoms with Gasteiger partial charge in [-0.15, -0.1) is 0 Å².